The van der Waals surface area contributed by atoms with E-state index in [1.807, 2.05) is 6.07 Å². The summed E-state index contributed by atoms with van der Waals surface area (Å²) in [4.78, 5) is 21.5. The maximum absolute atomic E-state index is 13.0. The van der Waals surface area contributed by atoms with Crippen LogP contribution in [0.5, 0.6) is 11.5 Å². The first kappa shape index (κ1) is 24.5. The number of aromatic nitrogens is 2. The van der Waals surface area contributed by atoms with Crippen LogP contribution < -0.4 is 14.8 Å². The molecule has 0 atom stereocenters. The number of carbonyl (C=O) groups excluding carboxylic acids is 1. The average Bonchev–Trinajstić information content (AvgIpc) is 3.32. The molecule has 0 aliphatic carbocycles. The number of furan rings is 1. The van der Waals surface area contributed by atoms with Crippen molar-refractivity contribution in [1.29, 1.82) is 0 Å². The average molecular weight is 494 g/mol. The Morgan fingerprint density at radius 3 is 2.14 bits per heavy atom. The molecule has 0 saturated heterocycles. The molecule has 2 heterocycles. The smallest absolute Gasteiger partial charge is 0.292 e. The third-order valence-corrected chi connectivity index (χ3v) is 6.97. The van der Waals surface area contributed by atoms with Crippen molar-refractivity contribution in [3.63, 3.8) is 0 Å². The van der Waals surface area contributed by atoms with Crippen LogP contribution in [0.1, 0.15) is 49.7 Å². The molecule has 0 bridgehead atoms. The molecule has 0 radical (unpaired) electrons. The van der Waals surface area contributed by atoms with Gasteiger partial charge in [-0.1, -0.05) is 0 Å². The third kappa shape index (κ3) is 4.56. The lowest BCUT2D eigenvalue weighted by molar-refractivity contribution is 0.0995. The molecule has 182 valence electrons. The van der Waals surface area contributed by atoms with Crippen LogP contribution in [0.3, 0.4) is 0 Å². The van der Waals surface area contributed by atoms with Crippen LogP contribution in [-0.2, 0) is 6.42 Å². The molecular formula is C27H28ClN3O4. The van der Waals surface area contributed by atoms with Crippen LogP contribution in [0, 0.1) is 34.6 Å². The molecule has 0 unspecified atom stereocenters. The first-order valence-electron chi connectivity index (χ1n) is 11.2. The number of nitrogens with zero attached hydrogens (tertiary/aromatic N) is 2. The number of anilines is 1. The van der Waals surface area contributed by atoms with Crippen molar-refractivity contribution in [2.24, 2.45) is 0 Å². The van der Waals surface area contributed by atoms with Crippen molar-refractivity contribution in [3.8, 4) is 11.5 Å². The number of ether oxygens (including phenoxy) is 2. The maximum atomic E-state index is 13.0. The van der Waals surface area contributed by atoms with E-state index < -0.39 is 5.91 Å². The van der Waals surface area contributed by atoms with Gasteiger partial charge < -0.3 is 19.2 Å². The lowest BCUT2D eigenvalue weighted by Crippen LogP contribution is -2.13. The maximum Gasteiger partial charge on any atom is 0.292 e. The zero-order valence-corrected chi connectivity index (χ0v) is 21.7. The second-order valence-corrected chi connectivity index (χ2v) is 8.90. The van der Waals surface area contributed by atoms with Crippen LogP contribution in [0.2, 0.25) is 5.28 Å². The number of amides is 1. The minimum Gasteiger partial charge on any atom is -0.493 e. The summed E-state index contributed by atoms with van der Waals surface area (Å²) < 4.78 is 16.6. The fourth-order valence-electron chi connectivity index (χ4n) is 4.30. The minimum absolute atomic E-state index is 0.00350. The quantitative estimate of drug-likeness (QED) is 0.318. The number of benzene rings is 2. The lowest BCUT2D eigenvalue weighted by Gasteiger charge is -2.18. The predicted octanol–water partition coefficient (Wildman–Crippen LogP) is 6.28. The Morgan fingerprint density at radius 1 is 0.914 bits per heavy atom. The van der Waals surface area contributed by atoms with Crippen molar-refractivity contribution >= 4 is 34.2 Å². The monoisotopic (exact) mass is 493 g/mol. The molecule has 2 aromatic carbocycles. The summed E-state index contributed by atoms with van der Waals surface area (Å²) in [6.07, 6.45) is 0.603. The SMILES string of the molecule is COc1cc2nc(Cl)nc(NC(=O)c3ccc(Cc4c(C)c(C)c(C)c(C)c4C)o3)c2cc1OC. The molecule has 2 aromatic heterocycles. The van der Waals surface area contributed by atoms with Crippen molar-refractivity contribution < 1.29 is 18.7 Å². The predicted molar refractivity (Wildman–Crippen MR) is 137 cm³/mol. The number of nitrogens with one attached hydrogen (secondary N) is 1. The molecule has 1 N–H and O–H groups in total. The normalized spacial score (nSPS) is 11.1. The zero-order valence-electron chi connectivity index (χ0n) is 20.9. The van der Waals surface area contributed by atoms with E-state index in [0.717, 1.165) is 0 Å². The summed E-state index contributed by atoms with van der Waals surface area (Å²) in [6.45, 7) is 10.7. The van der Waals surface area contributed by atoms with Crippen LogP contribution in [0.4, 0.5) is 5.82 Å². The summed E-state index contributed by atoms with van der Waals surface area (Å²) in [5, 5.41) is 3.35. The zero-order chi connectivity index (χ0) is 25.4. The second-order valence-electron chi connectivity index (χ2n) is 8.57. The second kappa shape index (κ2) is 9.58. The standard InChI is InChI=1S/C27H28ClN3O4/c1-13-14(2)16(4)19(17(5)15(13)3)10-18-8-9-22(35-18)26(32)30-25-20-11-23(33-6)24(34-7)12-21(20)29-27(28)31-25/h8-9,11-12H,10H2,1-7H3,(H,29,30,31,32). The van der Waals surface area contributed by atoms with Crippen LogP contribution in [-0.4, -0.2) is 30.1 Å². The Balaban J connectivity index is 1.63. The van der Waals surface area contributed by atoms with Gasteiger partial charge in [-0.2, -0.15) is 4.98 Å². The first-order valence-corrected chi connectivity index (χ1v) is 11.6. The van der Waals surface area contributed by atoms with Crippen molar-refractivity contribution in [1.82, 2.24) is 9.97 Å². The highest BCUT2D eigenvalue weighted by Gasteiger charge is 2.19. The molecule has 0 saturated carbocycles. The number of rotatable bonds is 6. The van der Waals surface area contributed by atoms with Gasteiger partial charge in [-0.05, 0) is 97.8 Å². The molecule has 0 aliphatic rings. The highest BCUT2D eigenvalue weighted by atomic mass is 35.5. The van der Waals surface area contributed by atoms with E-state index in [2.05, 4.69) is 49.9 Å². The summed E-state index contributed by atoms with van der Waals surface area (Å²) in [6, 6.07) is 6.87. The number of methoxy groups -OCH3 is 2. The Bertz CT molecular complexity index is 1430. The molecule has 4 rings (SSSR count). The highest BCUT2D eigenvalue weighted by Crippen LogP contribution is 2.35. The molecule has 8 heteroatoms. The van der Waals surface area contributed by atoms with Crippen molar-refractivity contribution in [3.05, 3.63) is 74.5 Å². The van der Waals surface area contributed by atoms with Gasteiger partial charge in [0.25, 0.3) is 5.91 Å². The van der Waals surface area contributed by atoms with Gasteiger partial charge in [-0.15, -0.1) is 0 Å². The van der Waals surface area contributed by atoms with E-state index in [1.54, 1.807) is 18.2 Å². The van der Waals surface area contributed by atoms with Crippen LogP contribution in [0.25, 0.3) is 10.9 Å². The summed E-state index contributed by atoms with van der Waals surface area (Å²) >= 11 is 6.11. The van der Waals surface area contributed by atoms with Crippen LogP contribution in [0.15, 0.2) is 28.7 Å². The Hall–Kier alpha value is -3.58. The van der Waals surface area contributed by atoms with E-state index >= 15 is 0 Å². The molecule has 35 heavy (non-hydrogen) atoms. The lowest BCUT2D eigenvalue weighted by atomic mass is 9.88. The number of halogens is 1. The molecular weight excluding hydrogens is 466 g/mol. The molecule has 1 amide bonds. The molecule has 7 nitrogen and oxygen atoms in total. The van der Waals surface area contributed by atoms with Gasteiger partial charge in [0.2, 0.25) is 5.28 Å². The van der Waals surface area contributed by atoms with Gasteiger partial charge in [0.1, 0.15) is 11.6 Å². The summed E-state index contributed by atoms with van der Waals surface area (Å²) in [7, 11) is 3.06. The van der Waals surface area contributed by atoms with Gasteiger partial charge in [0.05, 0.1) is 19.7 Å². The van der Waals surface area contributed by atoms with Gasteiger partial charge in [0.15, 0.2) is 17.3 Å². The molecule has 0 spiro atoms. The van der Waals surface area contributed by atoms with E-state index in [0.29, 0.717) is 34.6 Å². The fraction of sp³-hybridized carbons (Fsp3) is 0.296. The highest BCUT2D eigenvalue weighted by molar-refractivity contribution is 6.29. The van der Waals surface area contributed by atoms with E-state index in [1.165, 1.54) is 47.6 Å². The van der Waals surface area contributed by atoms with Crippen molar-refractivity contribution in [2.45, 2.75) is 41.0 Å². The molecule has 0 aliphatic heterocycles. The van der Waals surface area contributed by atoms with Gasteiger partial charge in [-0.3, -0.25) is 4.79 Å². The van der Waals surface area contributed by atoms with E-state index in [4.69, 9.17) is 25.5 Å². The fourth-order valence-corrected chi connectivity index (χ4v) is 4.48. The van der Waals surface area contributed by atoms with E-state index in [9.17, 15) is 4.79 Å². The topological polar surface area (TPSA) is 86.5 Å². The Labute approximate surface area is 209 Å². The van der Waals surface area contributed by atoms with E-state index in [-0.39, 0.29) is 16.9 Å². The Morgan fingerprint density at radius 2 is 1.51 bits per heavy atom. The minimum atomic E-state index is -0.438. The number of hydrogen-bond donors (Lipinski definition) is 1. The van der Waals surface area contributed by atoms with Gasteiger partial charge >= 0.3 is 0 Å². The number of carbonyl (C=O) groups is 1. The molecule has 0 fully saturated rings. The Kier molecular flexibility index (Phi) is 6.72. The largest absolute Gasteiger partial charge is 0.493 e. The van der Waals surface area contributed by atoms with Crippen molar-refractivity contribution in [2.75, 3.05) is 19.5 Å². The summed E-state index contributed by atoms with van der Waals surface area (Å²) in [5.74, 6) is 1.68. The first-order chi connectivity index (χ1) is 16.6. The van der Waals surface area contributed by atoms with Gasteiger partial charge in [0, 0.05) is 17.9 Å². The third-order valence-electron chi connectivity index (χ3n) is 6.80. The number of hydrogen-bond acceptors (Lipinski definition) is 6. The summed E-state index contributed by atoms with van der Waals surface area (Å²) in [5.41, 5.74) is 8.11. The van der Waals surface area contributed by atoms with Crippen LogP contribution >= 0.6 is 11.6 Å². The van der Waals surface area contributed by atoms with Gasteiger partial charge in [-0.25, -0.2) is 4.98 Å². The molecule has 4 aromatic rings. The number of fused-ring (bicyclic) bond motifs is 1.